The molecule has 0 saturated heterocycles. The Morgan fingerprint density at radius 3 is 1.67 bits per heavy atom. The van der Waals surface area contributed by atoms with Crippen molar-refractivity contribution in [3.63, 3.8) is 0 Å². The summed E-state index contributed by atoms with van der Waals surface area (Å²) in [5, 5.41) is 7.00. The maximum Gasteiger partial charge on any atom is 0.116 e. The highest BCUT2D eigenvalue weighted by Gasteiger charge is 1.36. The number of hydrogen-bond donors (Lipinski definition) is 1. The summed E-state index contributed by atoms with van der Waals surface area (Å²) in [5.41, 5.74) is 0. The Kier molecular flexibility index (Phi) is 101. The van der Waals surface area contributed by atoms with Crippen LogP contribution < -0.4 is 0 Å². The van der Waals surface area contributed by atoms with E-state index in [-0.39, 0.29) is 0 Å². The van der Waals surface area contributed by atoms with Crippen LogP contribution in [0.5, 0.6) is 0 Å². The van der Waals surface area contributed by atoms with E-state index < -0.39 is 0 Å². The molecule has 0 radical (unpaired) electrons. The van der Waals surface area contributed by atoms with E-state index in [4.69, 9.17) is 9.90 Å². The minimum absolute atomic E-state index is 0.750. The van der Waals surface area contributed by atoms with E-state index in [0.29, 0.717) is 0 Å². The zero-order chi connectivity index (χ0) is 8.12. The van der Waals surface area contributed by atoms with Crippen molar-refractivity contribution in [3.05, 3.63) is 12.8 Å². The summed E-state index contributed by atoms with van der Waals surface area (Å²) in [7, 11) is 2.56. The summed E-state index contributed by atoms with van der Waals surface area (Å²) in [6, 6.07) is 0. The second-order valence-electron chi connectivity index (χ2n) is 0.638. The predicted octanol–water partition coefficient (Wildman–Crippen LogP) is 0.590. The molecule has 0 unspecified atom stereocenters. The monoisotopic (exact) mass is 134 g/mol. The Morgan fingerprint density at radius 1 is 1.56 bits per heavy atom. The molecule has 0 fully saturated rings. The largest absolute Gasteiger partial charge is 0.505 e. The Morgan fingerprint density at radius 2 is 1.67 bits per heavy atom. The van der Waals surface area contributed by atoms with E-state index in [0.717, 1.165) is 13.4 Å². The summed E-state index contributed by atoms with van der Waals surface area (Å²) in [6.07, 6.45) is 2.12. The molecule has 0 heterocycles. The molecule has 9 heavy (non-hydrogen) atoms. The number of ether oxygens (including phenoxy) is 1. The van der Waals surface area contributed by atoms with Gasteiger partial charge in [-0.2, -0.15) is 0 Å². The quantitative estimate of drug-likeness (QED) is 0.421. The first-order valence-corrected chi connectivity index (χ1v) is 2.31. The van der Waals surface area contributed by atoms with Gasteiger partial charge in [0.25, 0.3) is 0 Å². The van der Waals surface area contributed by atoms with Gasteiger partial charge in [-0.05, 0) is 6.92 Å². The molecule has 0 rings (SSSR count). The van der Waals surface area contributed by atoms with Gasteiger partial charge < -0.3 is 14.6 Å². The molecule has 0 bridgehead atoms. The van der Waals surface area contributed by atoms with Crippen molar-refractivity contribution < 1.29 is 14.6 Å². The Balaban J connectivity index is -0.0000000646. The Hall–Kier alpha value is -0.830. The predicted molar refractivity (Wildman–Crippen MR) is 37.1 cm³/mol. The van der Waals surface area contributed by atoms with Crippen LogP contribution in [0.2, 0.25) is 0 Å². The summed E-state index contributed by atoms with van der Waals surface area (Å²) < 4.78 is 4.31. The lowest BCUT2D eigenvalue weighted by Gasteiger charge is -1.73. The van der Waals surface area contributed by atoms with Gasteiger partial charge in [0, 0.05) is 7.11 Å². The second kappa shape index (κ2) is 58.0. The molecule has 56 valence electrons. The van der Waals surface area contributed by atoms with Crippen molar-refractivity contribution in [2.75, 3.05) is 14.2 Å². The van der Waals surface area contributed by atoms with Crippen molar-refractivity contribution in [1.82, 2.24) is 0 Å². The van der Waals surface area contributed by atoms with Crippen molar-refractivity contribution in [1.29, 1.82) is 0 Å². The number of methoxy groups -OCH3 is 1. The molecule has 3 nitrogen and oxygen atoms in total. The molecule has 0 aromatic heterocycles. The summed E-state index contributed by atoms with van der Waals surface area (Å²) >= 11 is 0. The summed E-state index contributed by atoms with van der Waals surface area (Å²) in [4.78, 5) is 8.81. The molecule has 0 saturated carbocycles. The third-order valence-electron chi connectivity index (χ3n) is 0.167. The average Bonchev–Trinajstić information content (AvgIpc) is 1.94. The standard InChI is InChI=1S/C3H6O.C2H4O.CH4O/c1-3-4-2;1-2-3;1-2/h3H,1H2,2H3;2H,1H3;2H,1H3. The van der Waals surface area contributed by atoms with E-state index in [1.807, 2.05) is 0 Å². The third-order valence-corrected chi connectivity index (χ3v) is 0.167. The normalized spacial score (nSPS) is 4.44. The van der Waals surface area contributed by atoms with Crippen molar-refractivity contribution >= 4 is 6.29 Å². The topological polar surface area (TPSA) is 46.5 Å². The second-order valence-corrected chi connectivity index (χ2v) is 0.638. The van der Waals surface area contributed by atoms with E-state index in [2.05, 4.69) is 11.3 Å². The van der Waals surface area contributed by atoms with Crippen LogP contribution in [0.15, 0.2) is 12.8 Å². The van der Waals surface area contributed by atoms with Gasteiger partial charge in [0.05, 0.1) is 13.4 Å². The molecule has 0 spiro atoms. The molecule has 0 aromatic carbocycles. The van der Waals surface area contributed by atoms with Crippen LogP contribution in [-0.2, 0) is 9.53 Å². The molecular weight excluding hydrogens is 120 g/mol. The minimum atomic E-state index is 0.750. The lowest BCUT2D eigenvalue weighted by atomic mass is 11.0. The van der Waals surface area contributed by atoms with E-state index in [1.54, 1.807) is 7.11 Å². The van der Waals surface area contributed by atoms with Gasteiger partial charge in [-0.25, -0.2) is 0 Å². The number of aliphatic hydroxyl groups is 1. The van der Waals surface area contributed by atoms with Gasteiger partial charge >= 0.3 is 0 Å². The SMILES string of the molecule is C=COC.CC=O.CO. The van der Waals surface area contributed by atoms with Crippen LogP contribution >= 0.6 is 0 Å². The molecule has 3 heteroatoms. The van der Waals surface area contributed by atoms with Crippen LogP contribution in [0.1, 0.15) is 6.92 Å². The van der Waals surface area contributed by atoms with E-state index in [9.17, 15) is 0 Å². The summed E-state index contributed by atoms with van der Waals surface area (Å²) in [5.74, 6) is 0. The smallest absolute Gasteiger partial charge is 0.116 e. The first-order chi connectivity index (χ1) is 4.33. The maximum atomic E-state index is 8.81. The highest BCUT2D eigenvalue weighted by atomic mass is 16.5. The number of carbonyl (C=O) groups is 1. The van der Waals surface area contributed by atoms with Crippen LogP contribution in [0.3, 0.4) is 0 Å². The van der Waals surface area contributed by atoms with Crippen LogP contribution in [-0.4, -0.2) is 25.6 Å². The molecular formula is C6H14O3. The van der Waals surface area contributed by atoms with Gasteiger partial charge in [0.15, 0.2) is 0 Å². The first kappa shape index (κ1) is 15.7. The van der Waals surface area contributed by atoms with Gasteiger partial charge in [0.1, 0.15) is 6.29 Å². The van der Waals surface area contributed by atoms with E-state index >= 15 is 0 Å². The fourth-order valence-corrected chi connectivity index (χ4v) is 0. The van der Waals surface area contributed by atoms with Crippen LogP contribution in [0.25, 0.3) is 0 Å². The third kappa shape index (κ3) is 6630. The zero-order valence-electron chi connectivity index (χ0n) is 6.13. The van der Waals surface area contributed by atoms with Gasteiger partial charge in [-0.1, -0.05) is 6.58 Å². The molecule has 1 N–H and O–H groups in total. The lowest BCUT2D eigenvalue weighted by molar-refractivity contribution is -0.106. The highest BCUT2D eigenvalue weighted by molar-refractivity contribution is 5.44. The molecule has 0 aliphatic carbocycles. The van der Waals surface area contributed by atoms with Gasteiger partial charge in [0.2, 0.25) is 0 Å². The highest BCUT2D eigenvalue weighted by Crippen LogP contribution is 1.52. The van der Waals surface area contributed by atoms with Gasteiger partial charge in [-0.3, -0.25) is 0 Å². The van der Waals surface area contributed by atoms with Crippen LogP contribution in [0.4, 0.5) is 0 Å². The molecule has 0 aliphatic heterocycles. The maximum absolute atomic E-state index is 8.81. The number of aldehydes is 1. The molecule has 0 amide bonds. The molecule has 0 aliphatic rings. The number of aliphatic hydroxyl groups excluding tert-OH is 1. The number of rotatable bonds is 1. The van der Waals surface area contributed by atoms with E-state index in [1.165, 1.54) is 13.2 Å². The minimum Gasteiger partial charge on any atom is -0.505 e. The number of carbonyl (C=O) groups excluding carboxylic acids is 1. The molecule has 0 aromatic rings. The fourth-order valence-electron chi connectivity index (χ4n) is 0. The first-order valence-electron chi connectivity index (χ1n) is 2.31. The fraction of sp³-hybridized carbons (Fsp3) is 0.500. The van der Waals surface area contributed by atoms with Crippen LogP contribution in [0, 0.1) is 0 Å². The van der Waals surface area contributed by atoms with Crippen molar-refractivity contribution in [2.45, 2.75) is 6.92 Å². The number of hydrogen-bond acceptors (Lipinski definition) is 3. The van der Waals surface area contributed by atoms with Crippen molar-refractivity contribution in [2.24, 2.45) is 0 Å². The zero-order valence-corrected chi connectivity index (χ0v) is 6.13. The van der Waals surface area contributed by atoms with Crippen molar-refractivity contribution in [3.8, 4) is 0 Å². The Labute approximate surface area is 56.0 Å². The van der Waals surface area contributed by atoms with Gasteiger partial charge in [-0.15, -0.1) is 0 Å². The molecule has 0 atom stereocenters. The average molecular weight is 134 g/mol. The Bertz CT molecular complexity index is 43.6. The lowest BCUT2D eigenvalue weighted by Crippen LogP contribution is -1.54. The summed E-state index contributed by atoms with van der Waals surface area (Å²) in [6.45, 7) is 4.70.